The molecule has 9 nitrogen and oxygen atoms in total. The van der Waals surface area contributed by atoms with Gasteiger partial charge in [-0.15, -0.1) is 0 Å². The van der Waals surface area contributed by atoms with Crippen LogP contribution >= 0.6 is 0 Å². The monoisotopic (exact) mass is 438 g/mol. The molecular weight excluding hydrogens is 412 g/mol. The Hall–Kier alpha value is -4.01. The highest BCUT2D eigenvalue weighted by Crippen LogP contribution is 2.27. The Labute approximate surface area is 186 Å². The molecule has 1 heterocycles. The first-order valence-electron chi connectivity index (χ1n) is 10.1. The average Bonchev–Trinajstić information content (AvgIpc) is 3.20. The first kappa shape index (κ1) is 22.7. The third-order valence-electron chi connectivity index (χ3n) is 4.82. The number of nitrogens with zero attached hydrogens (tertiary/aromatic N) is 2. The second-order valence-corrected chi connectivity index (χ2v) is 6.82. The van der Waals surface area contributed by atoms with E-state index >= 15 is 0 Å². The van der Waals surface area contributed by atoms with Crippen molar-refractivity contribution >= 4 is 17.7 Å². The summed E-state index contributed by atoms with van der Waals surface area (Å²) in [6.45, 7) is 2.43. The standard InChI is InChI=1S/C23H26N4O5/c1-4-32-23(29)18-14-26-27(21(18)24)17-8-6-16(7-9-17)22(28)25-12-11-15-5-10-19(30-2)20(13-15)31-3/h5-10,13-14H,4,11-12,24H2,1-3H3,(H,25,28). The summed E-state index contributed by atoms with van der Waals surface area (Å²) in [5.74, 6) is 0.762. The van der Waals surface area contributed by atoms with Crippen molar-refractivity contribution in [3.8, 4) is 17.2 Å². The summed E-state index contributed by atoms with van der Waals surface area (Å²) in [6.07, 6.45) is 2.01. The molecule has 0 aliphatic heterocycles. The van der Waals surface area contributed by atoms with Crippen molar-refractivity contribution in [3.05, 3.63) is 65.4 Å². The van der Waals surface area contributed by atoms with Crippen LogP contribution in [-0.4, -0.2) is 49.0 Å². The maximum absolute atomic E-state index is 12.5. The summed E-state index contributed by atoms with van der Waals surface area (Å²) >= 11 is 0. The molecule has 0 bridgehead atoms. The number of nitrogens with one attached hydrogen (secondary N) is 1. The van der Waals surface area contributed by atoms with Gasteiger partial charge in [0.15, 0.2) is 11.5 Å². The van der Waals surface area contributed by atoms with Crippen LogP contribution in [0.25, 0.3) is 5.69 Å². The number of methoxy groups -OCH3 is 2. The van der Waals surface area contributed by atoms with E-state index in [9.17, 15) is 9.59 Å². The number of esters is 1. The van der Waals surface area contributed by atoms with Gasteiger partial charge in [-0.25, -0.2) is 9.48 Å². The zero-order chi connectivity index (χ0) is 23.1. The molecule has 0 aliphatic rings. The lowest BCUT2D eigenvalue weighted by Crippen LogP contribution is -2.25. The summed E-state index contributed by atoms with van der Waals surface area (Å²) in [6, 6.07) is 12.4. The molecule has 0 atom stereocenters. The highest BCUT2D eigenvalue weighted by Gasteiger charge is 2.17. The van der Waals surface area contributed by atoms with Crippen LogP contribution in [0.3, 0.4) is 0 Å². The Morgan fingerprint density at radius 2 is 1.78 bits per heavy atom. The van der Waals surface area contributed by atoms with Gasteiger partial charge in [0.2, 0.25) is 0 Å². The number of amides is 1. The predicted octanol–water partition coefficient (Wildman–Crippen LogP) is 2.62. The fourth-order valence-electron chi connectivity index (χ4n) is 3.14. The Balaban J connectivity index is 1.60. The van der Waals surface area contributed by atoms with Crippen molar-refractivity contribution in [3.63, 3.8) is 0 Å². The summed E-state index contributed by atoms with van der Waals surface area (Å²) in [7, 11) is 3.17. The third kappa shape index (κ3) is 5.00. The molecule has 1 aromatic heterocycles. The number of hydrogen-bond donors (Lipinski definition) is 2. The van der Waals surface area contributed by atoms with Crippen LogP contribution in [-0.2, 0) is 11.2 Å². The molecule has 3 rings (SSSR count). The third-order valence-corrected chi connectivity index (χ3v) is 4.82. The minimum atomic E-state index is -0.526. The van der Waals surface area contributed by atoms with Crippen molar-refractivity contribution in [2.75, 3.05) is 33.1 Å². The Morgan fingerprint density at radius 1 is 1.06 bits per heavy atom. The van der Waals surface area contributed by atoms with Gasteiger partial charge in [-0.3, -0.25) is 4.79 Å². The zero-order valence-corrected chi connectivity index (χ0v) is 18.3. The minimum absolute atomic E-state index is 0.176. The molecule has 0 unspecified atom stereocenters. The van der Waals surface area contributed by atoms with Crippen molar-refractivity contribution in [1.29, 1.82) is 0 Å². The molecule has 9 heteroatoms. The number of nitrogens with two attached hydrogens (primary N) is 1. The summed E-state index contributed by atoms with van der Waals surface area (Å²) < 4.78 is 16.9. The molecule has 0 aliphatic carbocycles. The topological polar surface area (TPSA) is 118 Å². The molecule has 2 aromatic carbocycles. The quantitative estimate of drug-likeness (QED) is 0.493. The fourth-order valence-corrected chi connectivity index (χ4v) is 3.14. The molecule has 0 saturated carbocycles. The lowest BCUT2D eigenvalue weighted by Gasteiger charge is -2.10. The fraction of sp³-hybridized carbons (Fsp3) is 0.261. The largest absolute Gasteiger partial charge is 0.493 e. The molecule has 3 aromatic rings. The number of aromatic nitrogens is 2. The first-order valence-corrected chi connectivity index (χ1v) is 10.1. The SMILES string of the molecule is CCOC(=O)c1cnn(-c2ccc(C(=O)NCCc3ccc(OC)c(OC)c3)cc2)c1N. The number of rotatable bonds is 9. The second kappa shape index (κ2) is 10.3. The molecule has 1 amide bonds. The summed E-state index contributed by atoms with van der Waals surface area (Å²) in [5, 5.41) is 7.04. The van der Waals surface area contributed by atoms with E-state index in [0.29, 0.717) is 35.7 Å². The number of anilines is 1. The molecule has 0 radical (unpaired) electrons. The lowest BCUT2D eigenvalue weighted by atomic mass is 10.1. The van der Waals surface area contributed by atoms with Gasteiger partial charge < -0.3 is 25.3 Å². The van der Waals surface area contributed by atoms with Gasteiger partial charge in [-0.2, -0.15) is 5.10 Å². The van der Waals surface area contributed by atoms with Crippen LogP contribution in [0, 0.1) is 0 Å². The molecule has 3 N–H and O–H groups in total. The molecule has 0 fully saturated rings. The van der Waals surface area contributed by atoms with Crippen molar-refractivity contribution in [2.45, 2.75) is 13.3 Å². The Bertz CT molecular complexity index is 1090. The molecule has 0 spiro atoms. The van der Waals surface area contributed by atoms with E-state index in [-0.39, 0.29) is 23.9 Å². The van der Waals surface area contributed by atoms with E-state index in [1.165, 1.54) is 10.9 Å². The van der Waals surface area contributed by atoms with Gasteiger partial charge >= 0.3 is 5.97 Å². The van der Waals surface area contributed by atoms with Crippen LogP contribution in [0.2, 0.25) is 0 Å². The minimum Gasteiger partial charge on any atom is -0.493 e. The first-order chi connectivity index (χ1) is 15.5. The number of ether oxygens (including phenoxy) is 3. The van der Waals surface area contributed by atoms with Crippen LogP contribution in [0.4, 0.5) is 5.82 Å². The van der Waals surface area contributed by atoms with Crippen LogP contribution in [0.1, 0.15) is 33.2 Å². The van der Waals surface area contributed by atoms with E-state index < -0.39 is 5.97 Å². The zero-order valence-electron chi connectivity index (χ0n) is 18.3. The highest BCUT2D eigenvalue weighted by atomic mass is 16.5. The van der Waals surface area contributed by atoms with E-state index in [1.54, 1.807) is 45.4 Å². The summed E-state index contributed by atoms with van der Waals surface area (Å²) in [4.78, 5) is 24.4. The molecule has 168 valence electrons. The average molecular weight is 438 g/mol. The Kier molecular flexibility index (Phi) is 7.33. The molecular formula is C23H26N4O5. The van der Waals surface area contributed by atoms with Crippen LogP contribution in [0.5, 0.6) is 11.5 Å². The number of hydrogen-bond acceptors (Lipinski definition) is 7. The van der Waals surface area contributed by atoms with Crippen molar-refractivity contribution in [1.82, 2.24) is 15.1 Å². The molecule has 0 saturated heterocycles. The maximum atomic E-state index is 12.5. The van der Waals surface area contributed by atoms with E-state index in [4.69, 9.17) is 19.9 Å². The smallest absolute Gasteiger partial charge is 0.343 e. The van der Waals surface area contributed by atoms with Crippen molar-refractivity contribution in [2.24, 2.45) is 0 Å². The number of carbonyl (C=O) groups is 2. The van der Waals surface area contributed by atoms with E-state index in [0.717, 1.165) is 5.56 Å². The maximum Gasteiger partial charge on any atom is 0.343 e. The second-order valence-electron chi connectivity index (χ2n) is 6.82. The van der Waals surface area contributed by atoms with Gasteiger partial charge in [0, 0.05) is 12.1 Å². The predicted molar refractivity (Wildman–Crippen MR) is 120 cm³/mol. The normalized spacial score (nSPS) is 10.5. The van der Waals surface area contributed by atoms with Crippen LogP contribution < -0.4 is 20.5 Å². The van der Waals surface area contributed by atoms with Gasteiger partial charge in [0.1, 0.15) is 11.4 Å². The van der Waals surface area contributed by atoms with Gasteiger partial charge in [0.25, 0.3) is 5.91 Å². The van der Waals surface area contributed by atoms with Gasteiger partial charge in [-0.05, 0) is 55.3 Å². The number of carbonyl (C=O) groups excluding carboxylic acids is 2. The van der Waals surface area contributed by atoms with Crippen molar-refractivity contribution < 1.29 is 23.8 Å². The molecule has 32 heavy (non-hydrogen) atoms. The lowest BCUT2D eigenvalue weighted by molar-refractivity contribution is 0.0527. The van der Waals surface area contributed by atoms with Gasteiger partial charge in [0.05, 0.1) is 32.7 Å². The Morgan fingerprint density at radius 3 is 2.44 bits per heavy atom. The number of nitrogen functional groups attached to an aromatic ring is 1. The van der Waals surface area contributed by atoms with Crippen LogP contribution in [0.15, 0.2) is 48.7 Å². The number of benzene rings is 2. The van der Waals surface area contributed by atoms with Gasteiger partial charge in [-0.1, -0.05) is 6.07 Å². The van der Waals surface area contributed by atoms with E-state index in [1.807, 2.05) is 18.2 Å². The summed E-state index contributed by atoms with van der Waals surface area (Å²) in [5.41, 5.74) is 8.37. The van der Waals surface area contributed by atoms with E-state index in [2.05, 4.69) is 10.4 Å². The highest BCUT2D eigenvalue weighted by molar-refractivity contribution is 5.95.